The van der Waals surface area contributed by atoms with E-state index in [1.54, 1.807) is 12.1 Å². The lowest BCUT2D eigenvalue weighted by atomic mass is 10.0. The van der Waals surface area contributed by atoms with Gasteiger partial charge in [0.05, 0.1) is 6.04 Å². The predicted molar refractivity (Wildman–Crippen MR) is 61.4 cm³/mol. The first-order valence-corrected chi connectivity index (χ1v) is 5.28. The van der Waals surface area contributed by atoms with Gasteiger partial charge in [0.2, 0.25) is 0 Å². The largest absolute Gasteiger partial charge is 0.455 e. The van der Waals surface area contributed by atoms with Crippen molar-refractivity contribution >= 4 is 29.2 Å². The molecule has 1 aliphatic heterocycles. The smallest absolute Gasteiger partial charge is 0.283 e. The van der Waals surface area contributed by atoms with Crippen LogP contribution in [0, 0.1) is 0 Å². The van der Waals surface area contributed by atoms with E-state index in [2.05, 4.69) is 4.99 Å². The molecule has 0 spiro atoms. The molecule has 0 fully saturated rings. The average Bonchev–Trinajstić information content (AvgIpc) is 2.45. The van der Waals surface area contributed by atoms with Crippen molar-refractivity contribution in [3.8, 4) is 0 Å². The van der Waals surface area contributed by atoms with E-state index in [-0.39, 0.29) is 18.2 Å². The summed E-state index contributed by atoms with van der Waals surface area (Å²) in [6.07, 6.45) is -0.213. The third-order valence-corrected chi connectivity index (χ3v) is 2.85. The molecule has 80 valence electrons. The maximum absolute atomic E-state index is 6.07. The highest BCUT2D eigenvalue weighted by Gasteiger charge is 2.29. The van der Waals surface area contributed by atoms with E-state index in [1.807, 2.05) is 13.0 Å². The Kier molecular flexibility index (Phi) is 2.76. The van der Waals surface area contributed by atoms with Gasteiger partial charge >= 0.3 is 0 Å². The minimum absolute atomic E-state index is 0.0244. The lowest BCUT2D eigenvalue weighted by molar-refractivity contribution is 0.199. The molecule has 1 aromatic rings. The van der Waals surface area contributed by atoms with Crippen molar-refractivity contribution in [3.05, 3.63) is 33.8 Å². The quantitative estimate of drug-likeness (QED) is 0.826. The minimum Gasteiger partial charge on any atom is -0.455 e. The minimum atomic E-state index is -0.213. The van der Waals surface area contributed by atoms with E-state index in [0.717, 1.165) is 5.56 Å². The Hall–Kier alpha value is -0.930. The number of ether oxygens (including phenoxy) is 1. The number of amidine groups is 1. The third-order valence-electron chi connectivity index (χ3n) is 2.29. The molecule has 15 heavy (non-hydrogen) atoms. The molecule has 0 aromatic heterocycles. The van der Waals surface area contributed by atoms with E-state index >= 15 is 0 Å². The monoisotopic (exact) mass is 244 g/mol. The molecule has 0 amide bonds. The maximum atomic E-state index is 6.07. The summed E-state index contributed by atoms with van der Waals surface area (Å²) >= 11 is 11.9. The summed E-state index contributed by atoms with van der Waals surface area (Å²) in [5, 5.41) is 1.17. The highest BCUT2D eigenvalue weighted by atomic mass is 35.5. The molecule has 0 radical (unpaired) electrons. The Bertz CT molecular complexity index is 420. The first-order chi connectivity index (χ1) is 7.08. The van der Waals surface area contributed by atoms with Crippen molar-refractivity contribution < 1.29 is 4.74 Å². The number of hydrogen-bond donors (Lipinski definition) is 1. The predicted octanol–water partition coefficient (Wildman–Crippen LogP) is 2.77. The van der Waals surface area contributed by atoms with Gasteiger partial charge in [-0.3, -0.25) is 0 Å². The first kappa shape index (κ1) is 10.6. The summed E-state index contributed by atoms with van der Waals surface area (Å²) in [6, 6.07) is 5.47. The summed E-state index contributed by atoms with van der Waals surface area (Å²) in [5.74, 6) is 0. The summed E-state index contributed by atoms with van der Waals surface area (Å²) in [6.45, 7) is 1.93. The molecule has 0 bridgehead atoms. The molecular formula is C10H10Cl2N2O. The van der Waals surface area contributed by atoms with Crippen LogP contribution in [0.4, 0.5) is 0 Å². The van der Waals surface area contributed by atoms with Gasteiger partial charge < -0.3 is 10.5 Å². The van der Waals surface area contributed by atoms with Crippen LogP contribution in [0.2, 0.25) is 10.0 Å². The van der Waals surface area contributed by atoms with Crippen LogP contribution >= 0.6 is 23.2 Å². The van der Waals surface area contributed by atoms with Crippen molar-refractivity contribution in [1.82, 2.24) is 0 Å². The zero-order valence-corrected chi connectivity index (χ0v) is 9.59. The molecule has 0 aliphatic carbocycles. The zero-order valence-electron chi connectivity index (χ0n) is 8.08. The fraction of sp³-hybridized carbons (Fsp3) is 0.300. The van der Waals surface area contributed by atoms with Crippen LogP contribution in [-0.2, 0) is 4.74 Å². The normalized spacial score (nSPS) is 24.9. The Balaban J connectivity index is 2.32. The van der Waals surface area contributed by atoms with E-state index < -0.39 is 0 Å². The van der Waals surface area contributed by atoms with E-state index in [9.17, 15) is 0 Å². The number of aliphatic imine (C=N–C) groups is 1. The lowest BCUT2D eigenvalue weighted by Gasteiger charge is -2.15. The Morgan fingerprint density at radius 3 is 2.67 bits per heavy atom. The van der Waals surface area contributed by atoms with Crippen molar-refractivity contribution in [2.45, 2.75) is 19.1 Å². The van der Waals surface area contributed by atoms with Crippen LogP contribution in [0.25, 0.3) is 0 Å². The highest BCUT2D eigenvalue weighted by molar-refractivity contribution is 6.35. The number of nitrogens with two attached hydrogens (primary N) is 1. The second-order valence-electron chi connectivity index (χ2n) is 3.41. The molecular weight excluding hydrogens is 235 g/mol. The molecule has 2 rings (SSSR count). The van der Waals surface area contributed by atoms with Gasteiger partial charge in [-0.1, -0.05) is 29.3 Å². The Labute approximate surface area is 97.8 Å². The van der Waals surface area contributed by atoms with Crippen molar-refractivity contribution in [2.75, 3.05) is 0 Å². The van der Waals surface area contributed by atoms with Crippen LogP contribution in [0.5, 0.6) is 0 Å². The van der Waals surface area contributed by atoms with Crippen LogP contribution in [0.15, 0.2) is 23.2 Å². The average molecular weight is 245 g/mol. The van der Waals surface area contributed by atoms with Crippen LogP contribution in [-0.4, -0.2) is 12.1 Å². The first-order valence-electron chi connectivity index (χ1n) is 4.53. The molecule has 2 atom stereocenters. The van der Waals surface area contributed by atoms with Gasteiger partial charge in [0, 0.05) is 15.6 Å². The second kappa shape index (κ2) is 3.91. The Morgan fingerprint density at radius 2 is 2.13 bits per heavy atom. The van der Waals surface area contributed by atoms with Gasteiger partial charge in [-0.05, 0) is 19.1 Å². The molecule has 5 heteroatoms. The number of rotatable bonds is 1. The number of benzene rings is 1. The second-order valence-corrected chi connectivity index (χ2v) is 4.26. The molecule has 2 unspecified atom stereocenters. The molecule has 3 nitrogen and oxygen atoms in total. The highest BCUT2D eigenvalue weighted by Crippen LogP contribution is 2.33. The van der Waals surface area contributed by atoms with Crippen LogP contribution < -0.4 is 5.73 Å². The molecule has 1 aromatic carbocycles. The summed E-state index contributed by atoms with van der Waals surface area (Å²) in [7, 11) is 0. The maximum Gasteiger partial charge on any atom is 0.283 e. The van der Waals surface area contributed by atoms with Gasteiger partial charge in [0.25, 0.3) is 6.02 Å². The number of nitrogens with zero attached hydrogens (tertiary/aromatic N) is 1. The standard InChI is InChI=1S/C10H10Cl2N2O/c1-5-9(15-10(13)14-5)7-3-2-6(11)4-8(7)12/h2-5,9H,1H3,(H2,13,14). The number of hydrogen-bond acceptors (Lipinski definition) is 3. The molecule has 0 saturated heterocycles. The zero-order chi connectivity index (χ0) is 11.0. The molecule has 2 N–H and O–H groups in total. The number of halogens is 2. The van der Waals surface area contributed by atoms with Crippen molar-refractivity contribution in [3.63, 3.8) is 0 Å². The van der Waals surface area contributed by atoms with Crippen LogP contribution in [0.3, 0.4) is 0 Å². The Morgan fingerprint density at radius 1 is 1.40 bits per heavy atom. The van der Waals surface area contributed by atoms with Gasteiger partial charge in [-0.15, -0.1) is 0 Å². The van der Waals surface area contributed by atoms with Gasteiger partial charge in [0.15, 0.2) is 6.10 Å². The molecule has 1 aliphatic rings. The molecule has 0 saturated carbocycles. The fourth-order valence-electron chi connectivity index (χ4n) is 1.58. The van der Waals surface area contributed by atoms with E-state index in [1.165, 1.54) is 0 Å². The van der Waals surface area contributed by atoms with Crippen molar-refractivity contribution in [1.29, 1.82) is 0 Å². The van der Waals surface area contributed by atoms with Crippen LogP contribution in [0.1, 0.15) is 18.6 Å². The third kappa shape index (κ3) is 2.03. The SMILES string of the molecule is CC1N=C(N)OC1c1ccc(Cl)cc1Cl. The summed E-state index contributed by atoms with van der Waals surface area (Å²) in [5.41, 5.74) is 6.35. The van der Waals surface area contributed by atoms with Gasteiger partial charge in [-0.25, -0.2) is 4.99 Å². The molecule has 1 heterocycles. The fourth-order valence-corrected chi connectivity index (χ4v) is 2.10. The summed E-state index contributed by atoms with van der Waals surface area (Å²) < 4.78 is 5.38. The van der Waals surface area contributed by atoms with Gasteiger partial charge in [0.1, 0.15) is 0 Å². The van der Waals surface area contributed by atoms with E-state index in [0.29, 0.717) is 10.0 Å². The topological polar surface area (TPSA) is 47.6 Å². The van der Waals surface area contributed by atoms with Gasteiger partial charge in [-0.2, -0.15) is 0 Å². The van der Waals surface area contributed by atoms with E-state index in [4.69, 9.17) is 33.7 Å². The summed E-state index contributed by atoms with van der Waals surface area (Å²) in [4.78, 5) is 4.09. The van der Waals surface area contributed by atoms with Crippen molar-refractivity contribution in [2.24, 2.45) is 10.7 Å². The lowest BCUT2D eigenvalue weighted by Crippen LogP contribution is -2.15.